The number of hydrogen-bond acceptors (Lipinski definition) is 4. The molecule has 36 heavy (non-hydrogen) atoms. The Kier molecular flexibility index (Phi) is 6.62. The van der Waals surface area contributed by atoms with Gasteiger partial charge in [0.25, 0.3) is 0 Å². The lowest BCUT2D eigenvalue weighted by Crippen LogP contribution is -2.37. The van der Waals surface area contributed by atoms with E-state index >= 15 is 0 Å². The Morgan fingerprint density at radius 3 is 1.75 bits per heavy atom. The molecular weight excluding hydrogens is 448 g/mol. The molecule has 0 aromatic heterocycles. The van der Waals surface area contributed by atoms with Gasteiger partial charge in [0.15, 0.2) is 5.78 Å². The molecule has 1 aliphatic rings. The van der Waals surface area contributed by atoms with Crippen LogP contribution in [0.15, 0.2) is 109 Å². The zero-order valence-corrected chi connectivity index (χ0v) is 20.5. The van der Waals surface area contributed by atoms with Crippen molar-refractivity contribution < 1.29 is 19.4 Å². The largest absolute Gasteiger partial charge is 0.497 e. The third-order valence-electron chi connectivity index (χ3n) is 7.50. The first-order valence-electron chi connectivity index (χ1n) is 12.2. The third kappa shape index (κ3) is 4.29. The number of Topliss-reactive ketones (excluding diaryl/α,β-unsaturated/α-hetero) is 1. The highest BCUT2D eigenvalue weighted by Crippen LogP contribution is 2.59. The van der Waals surface area contributed by atoms with E-state index in [9.17, 15) is 9.90 Å². The summed E-state index contributed by atoms with van der Waals surface area (Å²) in [6.07, 6.45) is 0.420. The SMILES string of the molecule is COc1ccc([C@@H]2[C@@H](C(=O)c3ccccc3)[C@@](O)(c3ccccc3)C[C@H]2c2ccc(OC)cc2)cc1. The fraction of sp³-hybridized carbons (Fsp3) is 0.219. The van der Waals surface area contributed by atoms with Crippen molar-refractivity contribution in [1.82, 2.24) is 0 Å². The van der Waals surface area contributed by atoms with Gasteiger partial charge in [0.2, 0.25) is 0 Å². The molecule has 4 nitrogen and oxygen atoms in total. The summed E-state index contributed by atoms with van der Waals surface area (Å²) < 4.78 is 10.8. The Balaban J connectivity index is 1.70. The highest BCUT2D eigenvalue weighted by Gasteiger charge is 2.57. The number of carbonyl (C=O) groups is 1. The first-order chi connectivity index (χ1) is 17.5. The van der Waals surface area contributed by atoms with Gasteiger partial charge < -0.3 is 14.6 Å². The maximum atomic E-state index is 14.2. The van der Waals surface area contributed by atoms with Crippen LogP contribution in [0.2, 0.25) is 0 Å². The first kappa shape index (κ1) is 23.8. The molecule has 0 saturated heterocycles. The molecule has 0 amide bonds. The van der Waals surface area contributed by atoms with Gasteiger partial charge in [-0.05, 0) is 53.3 Å². The molecule has 1 fully saturated rings. The van der Waals surface area contributed by atoms with E-state index in [0.29, 0.717) is 12.0 Å². The van der Waals surface area contributed by atoms with Crippen molar-refractivity contribution in [2.75, 3.05) is 14.2 Å². The van der Waals surface area contributed by atoms with Crippen molar-refractivity contribution in [2.24, 2.45) is 5.92 Å². The van der Waals surface area contributed by atoms with Crippen LogP contribution in [0.3, 0.4) is 0 Å². The normalized spacial score (nSPS) is 23.2. The molecule has 1 saturated carbocycles. The molecule has 0 spiro atoms. The molecular formula is C32H30O4. The van der Waals surface area contributed by atoms with Gasteiger partial charge in [0.05, 0.1) is 20.1 Å². The van der Waals surface area contributed by atoms with Gasteiger partial charge >= 0.3 is 0 Å². The zero-order chi connectivity index (χ0) is 25.1. The van der Waals surface area contributed by atoms with Crippen LogP contribution in [-0.4, -0.2) is 25.1 Å². The highest BCUT2D eigenvalue weighted by atomic mass is 16.5. The van der Waals surface area contributed by atoms with Gasteiger partial charge in [0.1, 0.15) is 17.1 Å². The quantitative estimate of drug-likeness (QED) is 0.314. The Hall–Kier alpha value is -3.89. The van der Waals surface area contributed by atoms with Crippen molar-refractivity contribution in [3.63, 3.8) is 0 Å². The summed E-state index contributed by atoms with van der Waals surface area (Å²) in [5.74, 6) is 0.450. The van der Waals surface area contributed by atoms with Crippen LogP contribution >= 0.6 is 0 Å². The fourth-order valence-electron chi connectivity index (χ4n) is 5.73. The molecule has 4 aromatic rings. The summed E-state index contributed by atoms with van der Waals surface area (Å²) in [4.78, 5) is 14.2. The number of carbonyl (C=O) groups excluding carboxylic acids is 1. The smallest absolute Gasteiger partial charge is 0.169 e. The molecule has 1 aliphatic carbocycles. The van der Waals surface area contributed by atoms with Crippen LogP contribution in [0.5, 0.6) is 11.5 Å². The van der Waals surface area contributed by atoms with E-state index in [1.807, 2.05) is 109 Å². The fourth-order valence-corrected chi connectivity index (χ4v) is 5.73. The predicted molar refractivity (Wildman–Crippen MR) is 141 cm³/mol. The molecule has 4 heteroatoms. The molecule has 0 radical (unpaired) electrons. The average molecular weight is 479 g/mol. The van der Waals surface area contributed by atoms with Crippen LogP contribution in [0, 0.1) is 5.92 Å². The van der Waals surface area contributed by atoms with Crippen molar-refractivity contribution in [3.8, 4) is 11.5 Å². The van der Waals surface area contributed by atoms with Crippen LogP contribution in [0.1, 0.15) is 45.3 Å². The topological polar surface area (TPSA) is 55.8 Å². The Morgan fingerprint density at radius 1 is 0.722 bits per heavy atom. The standard InChI is InChI=1S/C32H30O4/c1-35-26-17-13-22(14-18-26)28-21-32(34,25-11-7-4-8-12-25)30(31(33)24-9-5-3-6-10-24)29(28)23-15-19-27(36-2)20-16-23/h3-20,28-30,34H,21H2,1-2H3/t28-,29-,30-,32-/m0/s1. The minimum Gasteiger partial charge on any atom is -0.497 e. The minimum absolute atomic E-state index is 0.0567. The predicted octanol–water partition coefficient (Wildman–Crippen LogP) is 6.36. The minimum atomic E-state index is -1.34. The second-order valence-electron chi connectivity index (χ2n) is 9.38. The summed E-state index contributed by atoms with van der Waals surface area (Å²) >= 11 is 0. The van der Waals surface area contributed by atoms with E-state index in [0.717, 1.165) is 28.2 Å². The zero-order valence-electron chi connectivity index (χ0n) is 20.5. The highest BCUT2D eigenvalue weighted by molar-refractivity contribution is 5.99. The van der Waals surface area contributed by atoms with Gasteiger partial charge in [-0.3, -0.25) is 4.79 Å². The van der Waals surface area contributed by atoms with Crippen LogP contribution in [0.25, 0.3) is 0 Å². The number of ketones is 1. The van der Waals surface area contributed by atoms with Crippen LogP contribution in [0.4, 0.5) is 0 Å². The molecule has 0 bridgehead atoms. The lowest BCUT2D eigenvalue weighted by molar-refractivity contribution is -0.000255. The molecule has 0 heterocycles. The Morgan fingerprint density at radius 2 is 1.22 bits per heavy atom. The van der Waals surface area contributed by atoms with E-state index in [4.69, 9.17) is 9.47 Å². The van der Waals surface area contributed by atoms with Crippen LogP contribution in [-0.2, 0) is 5.60 Å². The molecule has 5 rings (SSSR count). The number of ether oxygens (including phenoxy) is 2. The van der Waals surface area contributed by atoms with E-state index in [2.05, 4.69) is 0 Å². The average Bonchev–Trinajstić information content (AvgIpc) is 3.27. The maximum absolute atomic E-state index is 14.2. The number of aliphatic hydroxyl groups is 1. The number of rotatable bonds is 7. The Labute approximate surface area is 212 Å². The lowest BCUT2D eigenvalue weighted by Gasteiger charge is -2.33. The number of methoxy groups -OCH3 is 2. The number of benzene rings is 4. The van der Waals surface area contributed by atoms with Gasteiger partial charge in [-0.1, -0.05) is 84.9 Å². The van der Waals surface area contributed by atoms with Crippen molar-refractivity contribution >= 4 is 5.78 Å². The molecule has 0 aliphatic heterocycles. The molecule has 4 aromatic carbocycles. The second kappa shape index (κ2) is 10.00. The summed E-state index contributed by atoms with van der Waals surface area (Å²) in [7, 11) is 3.29. The van der Waals surface area contributed by atoms with Crippen LogP contribution < -0.4 is 9.47 Å². The third-order valence-corrected chi connectivity index (χ3v) is 7.50. The molecule has 4 atom stereocenters. The summed E-state index contributed by atoms with van der Waals surface area (Å²) in [6, 6.07) is 34.7. The van der Waals surface area contributed by atoms with Gasteiger partial charge in [0, 0.05) is 11.5 Å². The maximum Gasteiger partial charge on any atom is 0.169 e. The summed E-state index contributed by atoms with van der Waals surface area (Å²) in [5.41, 5.74) is 2.08. The second-order valence-corrected chi connectivity index (χ2v) is 9.38. The van der Waals surface area contributed by atoms with E-state index in [1.165, 1.54) is 0 Å². The van der Waals surface area contributed by atoms with Crippen molar-refractivity contribution in [2.45, 2.75) is 23.9 Å². The monoisotopic (exact) mass is 478 g/mol. The summed E-state index contributed by atoms with van der Waals surface area (Å²) in [6.45, 7) is 0. The molecule has 0 unspecified atom stereocenters. The van der Waals surface area contributed by atoms with E-state index in [-0.39, 0.29) is 17.6 Å². The molecule has 182 valence electrons. The van der Waals surface area contributed by atoms with E-state index in [1.54, 1.807) is 14.2 Å². The number of hydrogen-bond donors (Lipinski definition) is 1. The van der Waals surface area contributed by atoms with Crippen molar-refractivity contribution in [3.05, 3.63) is 131 Å². The summed E-state index contributed by atoms with van der Waals surface area (Å²) in [5, 5.41) is 12.4. The van der Waals surface area contributed by atoms with Gasteiger partial charge in [-0.2, -0.15) is 0 Å². The lowest BCUT2D eigenvalue weighted by atomic mass is 9.73. The molecule has 1 N–H and O–H groups in total. The van der Waals surface area contributed by atoms with Gasteiger partial charge in [-0.15, -0.1) is 0 Å². The van der Waals surface area contributed by atoms with E-state index < -0.39 is 11.5 Å². The Bertz CT molecular complexity index is 1300. The van der Waals surface area contributed by atoms with Crippen molar-refractivity contribution in [1.29, 1.82) is 0 Å². The first-order valence-corrected chi connectivity index (χ1v) is 12.2. The van der Waals surface area contributed by atoms with Gasteiger partial charge in [-0.25, -0.2) is 0 Å².